The van der Waals surface area contributed by atoms with Gasteiger partial charge in [0.2, 0.25) is 10.0 Å². The largest absolute Gasteiger partial charge is 0.348 e. The van der Waals surface area contributed by atoms with Crippen LogP contribution in [0.25, 0.3) is 0 Å². The van der Waals surface area contributed by atoms with E-state index in [0.717, 1.165) is 18.4 Å². The highest BCUT2D eigenvalue weighted by atomic mass is 32.2. The standard InChI is InChI=1S/C20H24N2O3S/c1-16-7-6-12-22(15-16)26(24,25)19-11-5-10-18(13-19)20(23)21-14-17-8-3-2-4-9-17/h2-5,8-11,13,16H,6-7,12,14-15H2,1H3,(H,21,23). The highest BCUT2D eigenvalue weighted by molar-refractivity contribution is 7.89. The first-order valence-corrected chi connectivity index (χ1v) is 10.3. The summed E-state index contributed by atoms with van der Waals surface area (Å²) in [6, 6.07) is 15.9. The topological polar surface area (TPSA) is 66.5 Å². The van der Waals surface area contributed by atoms with Gasteiger partial charge >= 0.3 is 0 Å². The van der Waals surface area contributed by atoms with E-state index in [2.05, 4.69) is 12.2 Å². The smallest absolute Gasteiger partial charge is 0.251 e. The van der Waals surface area contributed by atoms with Crippen molar-refractivity contribution in [2.75, 3.05) is 13.1 Å². The maximum Gasteiger partial charge on any atom is 0.251 e. The fraction of sp³-hybridized carbons (Fsp3) is 0.350. The Hall–Kier alpha value is -2.18. The molecule has 0 saturated carbocycles. The Balaban J connectivity index is 1.74. The zero-order valence-corrected chi connectivity index (χ0v) is 15.7. The lowest BCUT2D eigenvalue weighted by Crippen LogP contribution is -2.39. The zero-order valence-electron chi connectivity index (χ0n) is 14.9. The number of nitrogens with zero attached hydrogens (tertiary/aromatic N) is 1. The van der Waals surface area contributed by atoms with Crippen LogP contribution in [0.3, 0.4) is 0 Å². The second-order valence-corrected chi connectivity index (χ2v) is 8.74. The maximum atomic E-state index is 12.9. The quantitative estimate of drug-likeness (QED) is 0.877. The molecule has 2 aromatic rings. The molecule has 1 amide bonds. The van der Waals surface area contributed by atoms with Crippen molar-refractivity contribution >= 4 is 15.9 Å². The summed E-state index contributed by atoms with van der Waals surface area (Å²) in [4.78, 5) is 12.6. The van der Waals surface area contributed by atoms with E-state index in [1.807, 2.05) is 30.3 Å². The fourth-order valence-corrected chi connectivity index (χ4v) is 4.84. The molecule has 5 nitrogen and oxygen atoms in total. The minimum atomic E-state index is -3.56. The monoisotopic (exact) mass is 372 g/mol. The summed E-state index contributed by atoms with van der Waals surface area (Å²) in [5, 5.41) is 2.83. The number of sulfonamides is 1. The number of rotatable bonds is 5. The molecule has 0 bridgehead atoms. The lowest BCUT2D eigenvalue weighted by atomic mass is 10.0. The van der Waals surface area contributed by atoms with Crippen molar-refractivity contribution in [1.82, 2.24) is 9.62 Å². The number of nitrogens with one attached hydrogen (secondary N) is 1. The van der Waals surface area contributed by atoms with Gasteiger partial charge in [0, 0.05) is 25.2 Å². The van der Waals surface area contributed by atoms with Crippen molar-refractivity contribution < 1.29 is 13.2 Å². The molecule has 26 heavy (non-hydrogen) atoms. The molecule has 1 fully saturated rings. The van der Waals surface area contributed by atoms with Crippen molar-refractivity contribution in [3.63, 3.8) is 0 Å². The highest BCUT2D eigenvalue weighted by Gasteiger charge is 2.29. The maximum absolute atomic E-state index is 12.9. The predicted molar refractivity (Wildman–Crippen MR) is 101 cm³/mol. The summed E-state index contributed by atoms with van der Waals surface area (Å²) in [5.74, 6) is 0.0776. The van der Waals surface area contributed by atoms with Crippen molar-refractivity contribution in [2.45, 2.75) is 31.2 Å². The molecular weight excluding hydrogens is 348 g/mol. The Morgan fingerprint density at radius 3 is 2.65 bits per heavy atom. The van der Waals surface area contributed by atoms with Crippen LogP contribution in [0.2, 0.25) is 0 Å². The van der Waals surface area contributed by atoms with Gasteiger partial charge in [0.15, 0.2) is 0 Å². The van der Waals surface area contributed by atoms with Crippen LogP contribution in [0.4, 0.5) is 0 Å². The van der Waals surface area contributed by atoms with Gasteiger partial charge in [-0.05, 0) is 42.5 Å². The first kappa shape index (κ1) is 18.6. The molecule has 6 heteroatoms. The summed E-state index contributed by atoms with van der Waals surface area (Å²) in [6.07, 6.45) is 1.92. The number of amides is 1. The van der Waals surface area contributed by atoms with Crippen LogP contribution < -0.4 is 5.32 Å². The van der Waals surface area contributed by atoms with E-state index >= 15 is 0 Å². The highest BCUT2D eigenvalue weighted by Crippen LogP contribution is 2.24. The zero-order chi connectivity index (χ0) is 18.6. The van der Waals surface area contributed by atoms with Gasteiger partial charge in [-0.25, -0.2) is 8.42 Å². The van der Waals surface area contributed by atoms with Gasteiger partial charge in [-0.2, -0.15) is 4.31 Å². The average molecular weight is 372 g/mol. The summed E-state index contributed by atoms with van der Waals surface area (Å²) >= 11 is 0. The molecule has 1 saturated heterocycles. The minimum absolute atomic E-state index is 0.180. The molecule has 1 aliphatic heterocycles. The van der Waals surface area contributed by atoms with Crippen LogP contribution in [-0.2, 0) is 16.6 Å². The molecule has 3 rings (SSSR count). The van der Waals surface area contributed by atoms with Crippen LogP contribution in [0.15, 0.2) is 59.5 Å². The van der Waals surface area contributed by atoms with Crippen molar-refractivity contribution in [1.29, 1.82) is 0 Å². The summed E-state index contributed by atoms with van der Waals surface area (Å²) in [6.45, 7) is 3.54. The van der Waals surface area contributed by atoms with E-state index in [0.29, 0.717) is 31.1 Å². The number of hydrogen-bond acceptors (Lipinski definition) is 3. The number of benzene rings is 2. The van der Waals surface area contributed by atoms with Gasteiger partial charge in [0.05, 0.1) is 4.90 Å². The Morgan fingerprint density at radius 1 is 1.15 bits per heavy atom. The SMILES string of the molecule is CC1CCCN(S(=O)(=O)c2cccc(C(=O)NCc3ccccc3)c2)C1. The van der Waals surface area contributed by atoms with E-state index in [-0.39, 0.29) is 10.8 Å². The van der Waals surface area contributed by atoms with Gasteiger partial charge in [-0.3, -0.25) is 4.79 Å². The normalized spacial score (nSPS) is 18.4. The molecule has 0 spiro atoms. The number of piperidine rings is 1. The molecule has 1 atom stereocenters. The van der Waals surface area contributed by atoms with E-state index in [9.17, 15) is 13.2 Å². The Bertz CT molecular complexity index is 866. The Morgan fingerprint density at radius 2 is 1.92 bits per heavy atom. The number of carbonyl (C=O) groups excluding carboxylic acids is 1. The first-order valence-electron chi connectivity index (χ1n) is 8.89. The summed E-state index contributed by atoms with van der Waals surface area (Å²) < 4.78 is 27.3. The lowest BCUT2D eigenvalue weighted by Gasteiger charge is -2.30. The van der Waals surface area contributed by atoms with Crippen molar-refractivity contribution in [2.24, 2.45) is 5.92 Å². The molecule has 0 aromatic heterocycles. The molecule has 1 unspecified atom stereocenters. The first-order chi connectivity index (χ1) is 12.5. The molecular formula is C20H24N2O3S. The van der Waals surface area contributed by atoms with Gasteiger partial charge in [0.25, 0.3) is 5.91 Å². The fourth-order valence-electron chi connectivity index (χ4n) is 3.19. The number of hydrogen-bond donors (Lipinski definition) is 1. The van der Waals surface area contributed by atoms with Crippen LogP contribution >= 0.6 is 0 Å². The molecule has 2 aromatic carbocycles. The van der Waals surface area contributed by atoms with E-state index in [1.165, 1.54) is 10.4 Å². The Kier molecular flexibility index (Phi) is 5.74. The number of carbonyl (C=O) groups is 1. The van der Waals surface area contributed by atoms with Crippen LogP contribution in [-0.4, -0.2) is 31.7 Å². The lowest BCUT2D eigenvalue weighted by molar-refractivity contribution is 0.0950. The van der Waals surface area contributed by atoms with Gasteiger partial charge < -0.3 is 5.32 Å². The Labute approximate surface area is 155 Å². The summed E-state index contributed by atoms with van der Waals surface area (Å²) in [7, 11) is -3.56. The van der Waals surface area contributed by atoms with E-state index in [4.69, 9.17) is 0 Å². The summed E-state index contributed by atoms with van der Waals surface area (Å²) in [5.41, 5.74) is 1.35. The second kappa shape index (κ2) is 8.01. The van der Waals surface area contributed by atoms with Crippen molar-refractivity contribution in [3.8, 4) is 0 Å². The van der Waals surface area contributed by atoms with E-state index < -0.39 is 10.0 Å². The van der Waals surface area contributed by atoms with Gasteiger partial charge in [-0.15, -0.1) is 0 Å². The predicted octanol–water partition coefficient (Wildman–Crippen LogP) is 3.04. The van der Waals surface area contributed by atoms with Crippen LogP contribution in [0.5, 0.6) is 0 Å². The molecule has 1 N–H and O–H groups in total. The molecule has 0 radical (unpaired) electrons. The van der Waals surface area contributed by atoms with Crippen molar-refractivity contribution in [3.05, 3.63) is 65.7 Å². The average Bonchev–Trinajstić information content (AvgIpc) is 2.67. The molecule has 1 heterocycles. The molecule has 0 aliphatic carbocycles. The third kappa shape index (κ3) is 4.31. The van der Waals surface area contributed by atoms with Gasteiger partial charge in [-0.1, -0.05) is 43.3 Å². The van der Waals surface area contributed by atoms with Gasteiger partial charge in [0.1, 0.15) is 0 Å². The third-order valence-corrected chi connectivity index (χ3v) is 6.51. The second-order valence-electron chi connectivity index (χ2n) is 6.81. The molecule has 138 valence electrons. The van der Waals surface area contributed by atoms with Crippen LogP contribution in [0, 0.1) is 5.92 Å². The molecule has 1 aliphatic rings. The minimum Gasteiger partial charge on any atom is -0.348 e. The van der Waals surface area contributed by atoms with E-state index in [1.54, 1.807) is 18.2 Å². The third-order valence-electron chi connectivity index (χ3n) is 4.65. The van der Waals surface area contributed by atoms with Crippen LogP contribution in [0.1, 0.15) is 35.7 Å².